The number of hydrogen-bond donors (Lipinski definition) is 3. The van der Waals surface area contributed by atoms with E-state index in [2.05, 4.69) is 20.9 Å². The predicted molar refractivity (Wildman–Crippen MR) is 115 cm³/mol. The summed E-state index contributed by atoms with van der Waals surface area (Å²) in [5.41, 5.74) is 0.590. The number of ether oxygens (including phenoxy) is 3. The van der Waals surface area contributed by atoms with Crippen molar-refractivity contribution in [3.63, 3.8) is 0 Å². The molecule has 2 rings (SSSR count). The van der Waals surface area contributed by atoms with Crippen LogP contribution in [-0.2, 0) is 11.3 Å². The zero-order valence-corrected chi connectivity index (χ0v) is 18.6. The normalized spacial score (nSPS) is 12.8. The van der Waals surface area contributed by atoms with Crippen molar-refractivity contribution in [3.05, 3.63) is 23.8 Å². The lowest BCUT2D eigenvalue weighted by Crippen LogP contribution is -2.39. The molecule has 0 saturated heterocycles. The third-order valence-corrected chi connectivity index (χ3v) is 3.43. The Hall–Kier alpha value is -1.91. The van der Waals surface area contributed by atoms with E-state index in [4.69, 9.17) is 14.2 Å². The van der Waals surface area contributed by atoms with Gasteiger partial charge in [-0.2, -0.15) is 0 Å². The monoisotopic (exact) mass is 492 g/mol. The molecule has 8 nitrogen and oxygen atoms in total. The van der Waals surface area contributed by atoms with Crippen LogP contribution in [0.15, 0.2) is 23.2 Å². The highest BCUT2D eigenvalue weighted by Crippen LogP contribution is 2.32. The van der Waals surface area contributed by atoms with E-state index >= 15 is 0 Å². The van der Waals surface area contributed by atoms with Crippen molar-refractivity contribution in [3.8, 4) is 11.5 Å². The van der Waals surface area contributed by atoms with E-state index < -0.39 is 11.7 Å². The first-order valence-corrected chi connectivity index (χ1v) is 8.67. The maximum absolute atomic E-state index is 11.5. The number of amides is 1. The molecular formula is C18H29IN4O4. The number of nitrogens with zero attached hydrogens (tertiary/aromatic N) is 1. The number of alkyl carbamates (subject to hydrolysis) is 1. The van der Waals surface area contributed by atoms with Gasteiger partial charge >= 0.3 is 6.09 Å². The van der Waals surface area contributed by atoms with Crippen LogP contribution in [0.1, 0.15) is 32.8 Å². The quantitative estimate of drug-likeness (QED) is 0.245. The van der Waals surface area contributed by atoms with Gasteiger partial charge in [0.25, 0.3) is 0 Å². The van der Waals surface area contributed by atoms with Crippen molar-refractivity contribution in [2.75, 3.05) is 26.9 Å². The average molecular weight is 492 g/mol. The standard InChI is InChI=1S/C18H28N4O4.HI/c1-18(2,3)26-17(23)21-9-5-8-20-16(19-4)22-11-13-6-7-14-15(10-13)25-12-24-14;/h6-7,10H,5,8-9,11-12H2,1-4H3,(H,21,23)(H2,19,20,22);1H. The molecule has 1 aromatic rings. The molecule has 0 saturated carbocycles. The van der Waals surface area contributed by atoms with E-state index in [9.17, 15) is 4.79 Å². The van der Waals surface area contributed by atoms with Gasteiger partial charge < -0.3 is 30.2 Å². The average Bonchev–Trinajstić information content (AvgIpc) is 3.03. The van der Waals surface area contributed by atoms with Crippen molar-refractivity contribution in [1.29, 1.82) is 0 Å². The lowest BCUT2D eigenvalue weighted by atomic mass is 10.2. The van der Waals surface area contributed by atoms with Crippen LogP contribution >= 0.6 is 24.0 Å². The molecule has 0 unspecified atom stereocenters. The lowest BCUT2D eigenvalue weighted by molar-refractivity contribution is 0.0527. The number of hydrogen-bond acceptors (Lipinski definition) is 5. The van der Waals surface area contributed by atoms with Crippen LogP contribution in [0.2, 0.25) is 0 Å². The second-order valence-electron chi connectivity index (χ2n) is 6.82. The molecule has 152 valence electrons. The van der Waals surface area contributed by atoms with E-state index in [0.29, 0.717) is 25.6 Å². The van der Waals surface area contributed by atoms with Gasteiger partial charge in [0.1, 0.15) is 5.60 Å². The first-order valence-electron chi connectivity index (χ1n) is 8.67. The molecule has 1 aromatic carbocycles. The number of carbonyl (C=O) groups is 1. The number of rotatable bonds is 6. The fraction of sp³-hybridized carbons (Fsp3) is 0.556. The van der Waals surface area contributed by atoms with Gasteiger partial charge in [-0.25, -0.2) is 4.79 Å². The van der Waals surface area contributed by atoms with E-state index in [0.717, 1.165) is 23.5 Å². The Kier molecular flexibility index (Phi) is 9.47. The fourth-order valence-corrected chi connectivity index (χ4v) is 2.26. The topological polar surface area (TPSA) is 93.2 Å². The maximum atomic E-state index is 11.5. The highest BCUT2D eigenvalue weighted by Gasteiger charge is 2.15. The Balaban J connectivity index is 0.00000364. The van der Waals surface area contributed by atoms with E-state index in [1.54, 1.807) is 7.05 Å². The SMILES string of the molecule is CN=C(NCCCNC(=O)OC(C)(C)C)NCc1ccc2c(c1)OCO2.I. The van der Waals surface area contributed by atoms with E-state index in [1.165, 1.54) is 0 Å². The second kappa shape index (κ2) is 11.1. The van der Waals surface area contributed by atoms with E-state index in [1.807, 2.05) is 39.0 Å². The highest BCUT2D eigenvalue weighted by atomic mass is 127. The summed E-state index contributed by atoms with van der Waals surface area (Å²) >= 11 is 0. The summed E-state index contributed by atoms with van der Waals surface area (Å²) in [6.45, 7) is 7.61. The van der Waals surface area contributed by atoms with Gasteiger partial charge in [-0.15, -0.1) is 24.0 Å². The van der Waals surface area contributed by atoms with Crippen LogP contribution in [0.3, 0.4) is 0 Å². The summed E-state index contributed by atoms with van der Waals surface area (Å²) in [4.78, 5) is 15.7. The predicted octanol–water partition coefficient (Wildman–Crippen LogP) is 2.61. The molecule has 0 spiro atoms. The van der Waals surface area contributed by atoms with Gasteiger partial charge in [0, 0.05) is 26.7 Å². The van der Waals surface area contributed by atoms with Crippen molar-refractivity contribution >= 4 is 36.0 Å². The number of aliphatic imine (C=N–C) groups is 1. The molecular weight excluding hydrogens is 463 g/mol. The lowest BCUT2D eigenvalue weighted by Gasteiger charge is -2.19. The van der Waals surface area contributed by atoms with Crippen LogP contribution in [0.4, 0.5) is 4.79 Å². The molecule has 1 aliphatic heterocycles. The molecule has 0 aliphatic carbocycles. The van der Waals surface area contributed by atoms with Crippen LogP contribution in [0, 0.1) is 0 Å². The Morgan fingerprint density at radius 3 is 2.56 bits per heavy atom. The maximum Gasteiger partial charge on any atom is 0.407 e. The van der Waals surface area contributed by atoms with Gasteiger partial charge in [0.15, 0.2) is 17.5 Å². The second-order valence-corrected chi connectivity index (χ2v) is 6.82. The van der Waals surface area contributed by atoms with Crippen molar-refractivity contribution in [1.82, 2.24) is 16.0 Å². The zero-order chi connectivity index (χ0) is 19.0. The Morgan fingerprint density at radius 1 is 1.15 bits per heavy atom. The van der Waals surface area contributed by atoms with Crippen molar-refractivity contribution in [2.45, 2.75) is 39.3 Å². The smallest absolute Gasteiger partial charge is 0.407 e. The minimum absolute atomic E-state index is 0. The van der Waals surface area contributed by atoms with Gasteiger partial charge in [0.05, 0.1) is 0 Å². The third-order valence-electron chi connectivity index (χ3n) is 3.43. The fourth-order valence-electron chi connectivity index (χ4n) is 2.26. The van der Waals surface area contributed by atoms with Crippen LogP contribution in [-0.4, -0.2) is 44.6 Å². The highest BCUT2D eigenvalue weighted by molar-refractivity contribution is 14.0. The zero-order valence-electron chi connectivity index (χ0n) is 16.3. The molecule has 1 amide bonds. The van der Waals surface area contributed by atoms with Gasteiger partial charge in [0.2, 0.25) is 6.79 Å². The summed E-state index contributed by atoms with van der Waals surface area (Å²) in [6, 6.07) is 5.84. The first kappa shape index (κ1) is 23.1. The summed E-state index contributed by atoms with van der Waals surface area (Å²) in [7, 11) is 1.72. The molecule has 27 heavy (non-hydrogen) atoms. The Morgan fingerprint density at radius 2 is 1.85 bits per heavy atom. The van der Waals surface area contributed by atoms with Crippen molar-refractivity contribution < 1.29 is 19.0 Å². The summed E-state index contributed by atoms with van der Waals surface area (Å²) in [5, 5.41) is 9.17. The number of nitrogens with one attached hydrogen (secondary N) is 3. The Labute approximate surface area is 177 Å². The van der Waals surface area contributed by atoms with Gasteiger partial charge in [-0.1, -0.05) is 6.07 Å². The van der Waals surface area contributed by atoms with Crippen molar-refractivity contribution in [2.24, 2.45) is 4.99 Å². The molecule has 0 fully saturated rings. The molecule has 0 aromatic heterocycles. The number of fused-ring (bicyclic) bond motifs is 1. The van der Waals surface area contributed by atoms with E-state index in [-0.39, 0.29) is 30.8 Å². The minimum atomic E-state index is -0.483. The number of benzene rings is 1. The van der Waals surface area contributed by atoms with Crippen LogP contribution < -0.4 is 25.4 Å². The molecule has 1 aliphatic rings. The molecule has 1 heterocycles. The molecule has 0 radical (unpaired) electrons. The minimum Gasteiger partial charge on any atom is -0.454 e. The van der Waals surface area contributed by atoms with Gasteiger partial charge in [-0.3, -0.25) is 4.99 Å². The largest absolute Gasteiger partial charge is 0.454 e. The summed E-state index contributed by atoms with van der Waals surface area (Å²) in [5.74, 6) is 2.23. The molecule has 0 bridgehead atoms. The summed E-state index contributed by atoms with van der Waals surface area (Å²) in [6.07, 6.45) is 0.354. The summed E-state index contributed by atoms with van der Waals surface area (Å²) < 4.78 is 15.9. The van der Waals surface area contributed by atoms with Gasteiger partial charge in [-0.05, 0) is 44.9 Å². The number of guanidine groups is 1. The van der Waals surface area contributed by atoms with Crippen LogP contribution in [0.5, 0.6) is 11.5 Å². The first-order chi connectivity index (χ1) is 12.4. The Bertz CT molecular complexity index is 647. The third kappa shape index (κ3) is 8.55. The molecule has 0 atom stereocenters. The number of halogens is 1. The molecule has 9 heteroatoms. The molecule has 3 N–H and O–H groups in total. The number of carbonyl (C=O) groups excluding carboxylic acids is 1. The van der Waals surface area contributed by atoms with Crippen LogP contribution in [0.25, 0.3) is 0 Å².